The SMILES string of the molecule is CCCCCCCCSc1cc2c(C(C)=O)ccc(C(C)=O)c2c2ccccc12. The fraction of sp³-hybridized carbons (Fsp3) is 0.385. The molecule has 0 aliphatic heterocycles. The van der Waals surface area contributed by atoms with Gasteiger partial charge in [0.15, 0.2) is 11.6 Å². The average Bonchev–Trinajstić information content (AvgIpc) is 2.71. The minimum atomic E-state index is 0.0303. The second-order valence-electron chi connectivity index (χ2n) is 7.73. The van der Waals surface area contributed by atoms with Gasteiger partial charge in [-0.25, -0.2) is 0 Å². The molecule has 0 saturated carbocycles. The molecule has 0 unspecified atom stereocenters. The van der Waals surface area contributed by atoms with Crippen molar-refractivity contribution in [3.63, 3.8) is 0 Å². The molecule has 3 rings (SSSR count). The van der Waals surface area contributed by atoms with Crippen LogP contribution in [0.1, 0.15) is 80.0 Å². The molecule has 3 aromatic carbocycles. The number of ketones is 2. The average molecular weight is 407 g/mol. The predicted octanol–water partition coefficient (Wildman–Crippen LogP) is 7.85. The number of Topliss-reactive ketones (excluding diaryl/α,β-unsaturated/α-hetero) is 2. The lowest BCUT2D eigenvalue weighted by molar-refractivity contribution is 0.100. The summed E-state index contributed by atoms with van der Waals surface area (Å²) in [5.74, 6) is 1.14. The zero-order valence-corrected chi connectivity index (χ0v) is 18.5. The molecule has 0 bridgehead atoms. The molecule has 0 radical (unpaired) electrons. The Bertz CT molecular complexity index is 1040. The Morgan fingerprint density at radius 2 is 1.38 bits per heavy atom. The lowest BCUT2D eigenvalue weighted by Crippen LogP contribution is -2.01. The Balaban J connectivity index is 2.01. The van der Waals surface area contributed by atoms with Gasteiger partial charge < -0.3 is 0 Å². The van der Waals surface area contributed by atoms with E-state index < -0.39 is 0 Å². The summed E-state index contributed by atoms with van der Waals surface area (Å²) in [6, 6.07) is 14.0. The molecule has 0 fully saturated rings. The van der Waals surface area contributed by atoms with E-state index >= 15 is 0 Å². The van der Waals surface area contributed by atoms with Crippen molar-refractivity contribution in [3.05, 3.63) is 53.6 Å². The third kappa shape index (κ3) is 4.90. The highest BCUT2D eigenvalue weighted by molar-refractivity contribution is 7.99. The molecule has 3 heteroatoms. The van der Waals surface area contributed by atoms with E-state index in [0.29, 0.717) is 11.1 Å². The van der Waals surface area contributed by atoms with Crippen LogP contribution in [0.5, 0.6) is 0 Å². The van der Waals surface area contributed by atoms with Gasteiger partial charge in [0.25, 0.3) is 0 Å². The van der Waals surface area contributed by atoms with E-state index in [-0.39, 0.29) is 11.6 Å². The molecule has 0 heterocycles. The standard InChI is InChI=1S/C26H30O2S/c1-4-5-6-7-8-11-16-29-25-17-24-20(18(2)27)14-15-21(19(3)28)26(24)23-13-10-9-12-22(23)25/h9-10,12-15,17H,4-8,11,16H2,1-3H3. The normalized spacial score (nSPS) is 11.3. The second-order valence-corrected chi connectivity index (χ2v) is 8.87. The predicted molar refractivity (Wildman–Crippen MR) is 126 cm³/mol. The summed E-state index contributed by atoms with van der Waals surface area (Å²) in [6.45, 7) is 5.44. The quantitative estimate of drug-likeness (QED) is 0.149. The minimum Gasteiger partial charge on any atom is -0.294 e. The zero-order valence-electron chi connectivity index (χ0n) is 17.7. The summed E-state index contributed by atoms with van der Waals surface area (Å²) in [4.78, 5) is 25.8. The van der Waals surface area contributed by atoms with Crippen molar-refractivity contribution in [2.45, 2.75) is 64.2 Å². The van der Waals surface area contributed by atoms with Crippen molar-refractivity contribution in [2.75, 3.05) is 5.75 Å². The molecule has 29 heavy (non-hydrogen) atoms. The van der Waals surface area contributed by atoms with Crippen LogP contribution in [0.25, 0.3) is 21.5 Å². The first-order valence-electron chi connectivity index (χ1n) is 10.7. The summed E-state index contributed by atoms with van der Waals surface area (Å²) in [7, 11) is 0. The van der Waals surface area contributed by atoms with Gasteiger partial charge in [0.1, 0.15) is 0 Å². The monoisotopic (exact) mass is 406 g/mol. The number of thioether (sulfide) groups is 1. The van der Waals surface area contributed by atoms with Gasteiger partial charge in [-0.2, -0.15) is 0 Å². The molecule has 0 aliphatic carbocycles. The summed E-state index contributed by atoms with van der Waals surface area (Å²) >= 11 is 1.87. The van der Waals surface area contributed by atoms with E-state index in [1.54, 1.807) is 26.0 Å². The first-order valence-corrected chi connectivity index (χ1v) is 11.7. The molecule has 0 amide bonds. The largest absolute Gasteiger partial charge is 0.294 e. The van der Waals surface area contributed by atoms with E-state index in [1.165, 1.54) is 48.8 Å². The summed E-state index contributed by atoms with van der Waals surface area (Å²) in [5.41, 5.74) is 1.38. The van der Waals surface area contributed by atoms with Crippen molar-refractivity contribution < 1.29 is 9.59 Å². The van der Waals surface area contributed by atoms with Crippen LogP contribution in [0.4, 0.5) is 0 Å². The number of hydrogen-bond acceptors (Lipinski definition) is 3. The van der Waals surface area contributed by atoms with E-state index in [9.17, 15) is 9.59 Å². The Labute approximate surface area is 178 Å². The van der Waals surface area contributed by atoms with Gasteiger partial charge in [-0.15, -0.1) is 11.8 Å². The zero-order chi connectivity index (χ0) is 20.8. The molecule has 152 valence electrons. The first-order chi connectivity index (χ1) is 14.0. The highest BCUT2D eigenvalue weighted by Gasteiger charge is 2.17. The lowest BCUT2D eigenvalue weighted by atomic mass is 9.92. The number of benzene rings is 3. The van der Waals surface area contributed by atoms with Crippen molar-refractivity contribution in [2.24, 2.45) is 0 Å². The number of carbonyl (C=O) groups excluding carboxylic acids is 2. The van der Waals surface area contributed by atoms with Gasteiger partial charge in [0.05, 0.1) is 0 Å². The topological polar surface area (TPSA) is 34.1 Å². The van der Waals surface area contributed by atoms with Gasteiger partial charge in [-0.1, -0.05) is 75.4 Å². The Hall–Kier alpha value is -2.13. The number of unbranched alkanes of at least 4 members (excludes halogenated alkanes) is 5. The molecule has 0 aliphatic rings. The van der Waals surface area contributed by atoms with E-state index in [1.807, 2.05) is 23.9 Å². The van der Waals surface area contributed by atoms with Gasteiger partial charge in [0, 0.05) is 21.4 Å². The lowest BCUT2D eigenvalue weighted by Gasteiger charge is -2.15. The summed E-state index contributed by atoms with van der Waals surface area (Å²) in [6.07, 6.45) is 7.71. The molecule has 0 N–H and O–H groups in total. The summed E-state index contributed by atoms with van der Waals surface area (Å²) in [5, 5.41) is 4.03. The number of carbonyl (C=O) groups is 2. The second kappa shape index (κ2) is 10.1. The third-order valence-corrected chi connectivity index (χ3v) is 6.64. The maximum Gasteiger partial charge on any atom is 0.160 e. The number of rotatable bonds is 10. The Morgan fingerprint density at radius 3 is 2.07 bits per heavy atom. The van der Waals surface area contributed by atoms with Gasteiger partial charge in [0.2, 0.25) is 0 Å². The van der Waals surface area contributed by atoms with Crippen LogP contribution in [-0.2, 0) is 0 Å². The molecular formula is C26H30O2S. The molecular weight excluding hydrogens is 376 g/mol. The van der Waals surface area contributed by atoms with E-state index in [2.05, 4.69) is 25.1 Å². The van der Waals surface area contributed by atoms with Gasteiger partial charge >= 0.3 is 0 Å². The van der Waals surface area contributed by atoms with E-state index in [4.69, 9.17) is 0 Å². The van der Waals surface area contributed by atoms with Crippen LogP contribution in [0.2, 0.25) is 0 Å². The van der Waals surface area contributed by atoms with Crippen molar-refractivity contribution >= 4 is 44.9 Å². The Morgan fingerprint density at radius 1 is 0.759 bits per heavy atom. The van der Waals surface area contributed by atoms with Crippen molar-refractivity contribution in [1.29, 1.82) is 0 Å². The smallest absolute Gasteiger partial charge is 0.160 e. The van der Waals surface area contributed by atoms with Crippen molar-refractivity contribution in [1.82, 2.24) is 0 Å². The van der Waals surface area contributed by atoms with Crippen LogP contribution in [0.3, 0.4) is 0 Å². The molecule has 2 nitrogen and oxygen atoms in total. The van der Waals surface area contributed by atoms with Crippen LogP contribution in [0, 0.1) is 0 Å². The van der Waals surface area contributed by atoms with Crippen LogP contribution in [-0.4, -0.2) is 17.3 Å². The Kier molecular flexibility index (Phi) is 7.49. The fourth-order valence-corrected chi connectivity index (χ4v) is 5.07. The molecule has 3 aromatic rings. The maximum atomic E-state index is 12.3. The first kappa shape index (κ1) is 21.6. The minimum absolute atomic E-state index is 0.0303. The maximum absolute atomic E-state index is 12.3. The fourth-order valence-electron chi connectivity index (χ4n) is 3.97. The molecule has 0 spiro atoms. The third-order valence-electron chi connectivity index (χ3n) is 5.50. The van der Waals surface area contributed by atoms with Crippen LogP contribution in [0.15, 0.2) is 47.4 Å². The molecule has 0 saturated heterocycles. The van der Waals surface area contributed by atoms with Crippen LogP contribution < -0.4 is 0 Å². The summed E-state index contributed by atoms with van der Waals surface area (Å²) < 4.78 is 0. The highest BCUT2D eigenvalue weighted by atomic mass is 32.2. The molecule has 0 atom stereocenters. The number of hydrogen-bond donors (Lipinski definition) is 0. The van der Waals surface area contributed by atoms with Gasteiger partial charge in [-0.05, 0) is 48.2 Å². The van der Waals surface area contributed by atoms with E-state index in [0.717, 1.165) is 21.9 Å². The van der Waals surface area contributed by atoms with Crippen LogP contribution >= 0.6 is 11.8 Å². The highest BCUT2D eigenvalue weighted by Crippen LogP contribution is 2.38. The molecule has 0 aromatic heterocycles. The number of fused-ring (bicyclic) bond motifs is 3. The van der Waals surface area contributed by atoms with Crippen molar-refractivity contribution in [3.8, 4) is 0 Å². The van der Waals surface area contributed by atoms with Gasteiger partial charge in [-0.3, -0.25) is 9.59 Å².